The van der Waals surface area contributed by atoms with Gasteiger partial charge in [-0.1, -0.05) is 17.4 Å². The molecule has 2 aromatic rings. The predicted molar refractivity (Wildman–Crippen MR) is 76.1 cm³/mol. The van der Waals surface area contributed by atoms with Gasteiger partial charge in [-0.3, -0.25) is 10.1 Å². The third-order valence-electron chi connectivity index (χ3n) is 2.58. The Hall–Kier alpha value is -2.41. The number of methoxy groups -OCH3 is 1. The first-order valence-electron chi connectivity index (χ1n) is 5.75. The Morgan fingerprint density at radius 1 is 1.40 bits per heavy atom. The van der Waals surface area contributed by atoms with Gasteiger partial charge in [-0.2, -0.15) is 0 Å². The van der Waals surface area contributed by atoms with Gasteiger partial charge in [0.05, 0.1) is 17.6 Å². The second-order valence-electron chi connectivity index (χ2n) is 3.92. The zero-order chi connectivity index (χ0) is 14.5. The molecule has 7 heteroatoms. The monoisotopic (exact) mass is 292 g/mol. The van der Waals surface area contributed by atoms with Crippen molar-refractivity contribution in [1.29, 1.82) is 0 Å². The maximum absolute atomic E-state index is 11.4. The highest BCUT2D eigenvalue weighted by Gasteiger charge is 2.10. The summed E-state index contributed by atoms with van der Waals surface area (Å²) in [6.07, 6.45) is 0. The molecule has 0 aliphatic heterocycles. The molecule has 0 aliphatic rings. The minimum atomic E-state index is -0.411. The lowest BCUT2D eigenvalue weighted by Gasteiger charge is -2.06. The molecule has 2 rings (SSSR count). The van der Waals surface area contributed by atoms with Crippen LogP contribution in [0.15, 0.2) is 36.4 Å². The maximum Gasteiger partial charge on any atom is 0.337 e. The van der Waals surface area contributed by atoms with Gasteiger partial charge in [-0.15, -0.1) is 0 Å². The summed E-state index contributed by atoms with van der Waals surface area (Å²) < 4.78 is 4.64. The van der Waals surface area contributed by atoms with E-state index < -0.39 is 10.9 Å². The largest absolute Gasteiger partial charge is 0.465 e. The number of rotatable bonds is 5. The van der Waals surface area contributed by atoms with Crippen LogP contribution in [0.4, 0.5) is 10.7 Å². The van der Waals surface area contributed by atoms with E-state index in [9.17, 15) is 14.9 Å². The van der Waals surface area contributed by atoms with Crippen LogP contribution in [-0.2, 0) is 11.3 Å². The van der Waals surface area contributed by atoms with E-state index >= 15 is 0 Å². The van der Waals surface area contributed by atoms with Gasteiger partial charge in [0.2, 0.25) is 0 Å². The molecule has 0 saturated heterocycles. The molecule has 104 valence electrons. The SMILES string of the molecule is COC(=O)c1cccc(NCc2ccc([N+](=O)[O-])s2)c1. The lowest BCUT2D eigenvalue weighted by atomic mass is 10.2. The van der Waals surface area contributed by atoms with Gasteiger partial charge in [0.15, 0.2) is 0 Å². The maximum atomic E-state index is 11.4. The quantitative estimate of drug-likeness (QED) is 0.520. The molecule has 0 bridgehead atoms. The van der Waals surface area contributed by atoms with E-state index in [0.717, 1.165) is 21.9 Å². The molecule has 20 heavy (non-hydrogen) atoms. The number of hydrogen-bond acceptors (Lipinski definition) is 6. The number of esters is 1. The Morgan fingerprint density at radius 2 is 2.20 bits per heavy atom. The van der Waals surface area contributed by atoms with Crippen LogP contribution in [0.1, 0.15) is 15.2 Å². The van der Waals surface area contributed by atoms with Crippen LogP contribution in [0.3, 0.4) is 0 Å². The van der Waals surface area contributed by atoms with Gasteiger partial charge < -0.3 is 10.1 Å². The Balaban J connectivity index is 2.03. The first-order valence-corrected chi connectivity index (χ1v) is 6.57. The van der Waals surface area contributed by atoms with Crippen molar-refractivity contribution in [3.05, 3.63) is 57.0 Å². The van der Waals surface area contributed by atoms with Gasteiger partial charge in [0, 0.05) is 23.2 Å². The molecule has 0 aliphatic carbocycles. The molecular weight excluding hydrogens is 280 g/mol. The van der Waals surface area contributed by atoms with E-state index in [1.165, 1.54) is 13.2 Å². The molecule has 0 radical (unpaired) electrons. The second kappa shape index (κ2) is 6.16. The van der Waals surface area contributed by atoms with Crippen molar-refractivity contribution < 1.29 is 14.5 Å². The van der Waals surface area contributed by atoms with Gasteiger partial charge in [-0.05, 0) is 24.3 Å². The van der Waals surface area contributed by atoms with Crippen LogP contribution in [0.2, 0.25) is 0 Å². The topological polar surface area (TPSA) is 81.5 Å². The number of anilines is 1. The van der Waals surface area contributed by atoms with Crippen LogP contribution in [0.5, 0.6) is 0 Å². The Labute approximate surface area is 119 Å². The fourth-order valence-electron chi connectivity index (χ4n) is 1.62. The van der Waals surface area contributed by atoms with Crippen molar-refractivity contribution in [3.8, 4) is 0 Å². The molecule has 1 aromatic heterocycles. The number of thiophene rings is 1. The fraction of sp³-hybridized carbons (Fsp3) is 0.154. The smallest absolute Gasteiger partial charge is 0.337 e. The fourth-order valence-corrected chi connectivity index (χ4v) is 2.38. The number of ether oxygens (including phenoxy) is 1. The van der Waals surface area contributed by atoms with Crippen LogP contribution in [-0.4, -0.2) is 18.0 Å². The summed E-state index contributed by atoms with van der Waals surface area (Å²) in [6.45, 7) is 0.461. The van der Waals surface area contributed by atoms with E-state index in [2.05, 4.69) is 10.1 Å². The third-order valence-corrected chi connectivity index (χ3v) is 3.61. The first kappa shape index (κ1) is 14.0. The summed E-state index contributed by atoms with van der Waals surface area (Å²) >= 11 is 1.12. The summed E-state index contributed by atoms with van der Waals surface area (Å²) in [7, 11) is 1.33. The Morgan fingerprint density at radius 3 is 2.85 bits per heavy atom. The summed E-state index contributed by atoms with van der Waals surface area (Å²) in [5.41, 5.74) is 1.21. The first-order chi connectivity index (χ1) is 9.60. The highest BCUT2D eigenvalue weighted by Crippen LogP contribution is 2.24. The van der Waals surface area contributed by atoms with Crippen LogP contribution in [0.25, 0.3) is 0 Å². The van der Waals surface area contributed by atoms with E-state index in [4.69, 9.17) is 0 Å². The Bertz CT molecular complexity index is 639. The molecule has 1 aromatic carbocycles. The third kappa shape index (κ3) is 3.33. The standard InChI is InChI=1S/C13H12N2O4S/c1-19-13(16)9-3-2-4-10(7-9)14-8-11-5-6-12(20-11)15(17)18/h2-7,14H,8H2,1H3. The number of benzene rings is 1. The predicted octanol–water partition coefficient (Wildman–Crippen LogP) is 3.06. The number of carbonyl (C=O) groups excluding carboxylic acids is 1. The molecule has 0 unspecified atom stereocenters. The van der Waals surface area contributed by atoms with Crippen molar-refractivity contribution >= 4 is 28.0 Å². The molecule has 0 atom stereocenters. The van der Waals surface area contributed by atoms with Crippen molar-refractivity contribution in [2.75, 3.05) is 12.4 Å². The lowest BCUT2D eigenvalue weighted by Crippen LogP contribution is -2.03. The number of nitrogens with zero attached hydrogens (tertiary/aromatic N) is 1. The number of nitrogens with one attached hydrogen (secondary N) is 1. The summed E-state index contributed by atoms with van der Waals surface area (Å²) in [5, 5.41) is 13.8. The van der Waals surface area contributed by atoms with E-state index in [-0.39, 0.29) is 5.00 Å². The molecule has 1 heterocycles. The highest BCUT2D eigenvalue weighted by molar-refractivity contribution is 7.15. The zero-order valence-electron chi connectivity index (χ0n) is 10.7. The highest BCUT2D eigenvalue weighted by atomic mass is 32.1. The van der Waals surface area contributed by atoms with Crippen molar-refractivity contribution in [3.63, 3.8) is 0 Å². The molecular formula is C13H12N2O4S. The minimum Gasteiger partial charge on any atom is -0.465 e. The molecule has 6 nitrogen and oxygen atoms in total. The summed E-state index contributed by atoms with van der Waals surface area (Å²) in [4.78, 5) is 22.4. The second-order valence-corrected chi connectivity index (χ2v) is 5.07. The van der Waals surface area contributed by atoms with Crippen molar-refractivity contribution in [1.82, 2.24) is 0 Å². The average Bonchev–Trinajstić information content (AvgIpc) is 2.93. The minimum absolute atomic E-state index is 0.116. The van der Waals surface area contributed by atoms with E-state index in [1.807, 2.05) is 6.07 Å². The zero-order valence-corrected chi connectivity index (χ0v) is 11.5. The van der Waals surface area contributed by atoms with Crippen molar-refractivity contribution in [2.45, 2.75) is 6.54 Å². The number of hydrogen-bond donors (Lipinski definition) is 1. The molecule has 1 N–H and O–H groups in total. The normalized spacial score (nSPS) is 10.1. The number of nitro groups is 1. The number of carbonyl (C=O) groups is 1. The summed E-state index contributed by atoms with van der Waals surface area (Å²) in [6, 6.07) is 10.1. The summed E-state index contributed by atoms with van der Waals surface area (Å²) in [5.74, 6) is -0.402. The van der Waals surface area contributed by atoms with Crippen LogP contribution < -0.4 is 5.32 Å². The average molecular weight is 292 g/mol. The van der Waals surface area contributed by atoms with E-state index in [0.29, 0.717) is 12.1 Å². The molecule has 0 amide bonds. The van der Waals surface area contributed by atoms with Gasteiger partial charge >= 0.3 is 11.0 Å². The van der Waals surface area contributed by atoms with Crippen LogP contribution >= 0.6 is 11.3 Å². The molecule has 0 fully saturated rings. The molecule has 0 spiro atoms. The van der Waals surface area contributed by atoms with Crippen molar-refractivity contribution in [2.24, 2.45) is 0 Å². The van der Waals surface area contributed by atoms with Gasteiger partial charge in [0.25, 0.3) is 0 Å². The van der Waals surface area contributed by atoms with Gasteiger partial charge in [0.1, 0.15) is 0 Å². The van der Waals surface area contributed by atoms with Gasteiger partial charge in [-0.25, -0.2) is 4.79 Å². The van der Waals surface area contributed by atoms with E-state index in [1.54, 1.807) is 24.3 Å². The van der Waals surface area contributed by atoms with Crippen LogP contribution in [0, 0.1) is 10.1 Å². The Kier molecular flexibility index (Phi) is 4.31. The molecule has 0 saturated carbocycles. The lowest BCUT2D eigenvalue weighted by molar-refractivity contribution is -0.380.